The molecule has 0 aliphatic carbocycles. The molecule has 0 bridgehead atoms. The van der Waals surface area contributed by atoms with Gasteiger partial charge in [-0.1, -0.05) is 42.5 Å². The molecule has 126 valence electrons. The van der Waals surface area contributed by atoms with Gasteiger partial charge in [-0.15, -0.1) is 11.3 Å². The maximum absolute atomic E-state index is 3.37. The Morgan fingerprint density at radius 1 is 1.04 bits per heavy atom. The molecule has 0 amide bonds. The normalized spacial score (nSPS) is 12.8. The Morgan fingerprint density at radius 3 is 2.76 bits per heavy atom. The van der Waals surface area contributed by atoms with Crippen molar-refractivity contribution in [2.24, 2.45) is 0 Å². The van der Waals surface area contributed by atoms with Crippen LogP contribution in [0, 0.1) is 0 Å². The molecule has 0 radical (unpaired) electrons. The minimum absolute atomic E-state index is 0.355. The van der Waals surface area contributed by atoms with E-state index in [0.29, 0.717) is 6.04 Å². The molecular formula is C22H22N2S. The van der Waals surface area contributed by atoms with Crippen LogP contribution in [-0.4, -0.2) is 16.9 Å². The summed E-state index contributed by atoms with van der Waals surface area (Å²) >= 11 is 1.79. The number of hydrogen-bond acceptors (Lipinski definition) is 2. The number of nitrogens with one attached hydrogen (secondary N) is 1. The molecular weight excluding hydrogens is 324 g/mol. The molecule has 4 rings (SSSR count). The van der Waals surface area contributed by atoms with Crippen LogP contribution in [0.1, 0.15) is 24.1 Å². The van der Waals surface area contributed by atoms with Gasteiger partial charge in [0, 0.05) is 34.6 Å². The lowest BCUT2D eigenvalue weighted by Gasteiger charge is -2.25. The van der Waals surface area contributed by atoms with Crippen LogP contribution in [0.25, 0.3) is 21.3 Å². The van der Waals surface area contributed by atoms with Gasteiger partial charge in [-0.2, -0.15) is 0 Å². The van der Waals surface area contributed by atoms with E-state index >= 15 is 0 Å². The first-order valence-electron chi connectivity index (χ1n) is 8.61. The quantitative estimate of drug-likeness (QED) is 0.463. The Bertz CT molecular complexity index is 969. The molecule has 0 unspecified atom stereocenters. The van der Waals surface area contributed by atoms with Crippen molar-refractivity contribution in [2.75, 3.05) is 7.05 Å². The van der Waals surface area contributed by atoms with Crippen LogP contribution in [0.2, 0.25) is 0 Å². The van der Waals surface area contributed by atoms with Crippen LogP contribution in [0.15, 0.2) is 72.2 Å². The number of thiophene rings is 1. The van der Waals surface area contributed by atoms with Gasteiger partial charge in [0.05, 0.1) is 0 Å². The van der Waals surface area contributed by atoms with E-state index in [2.05, 4.69) is 96.1 Å². The number of hydrogen-bond donors (Lipinski definition) is 1. The number of H-pyrrole nitrogens is 1. The van der Waals surface area contributed by atoms with Gasteiger partial charge in [-0.25, -0.2) is 0 Å². The lowest BCUT2D eigenvalue weighted by Crippen LogP contribution is -2.21. The number of aromatic nitrogens is 1. The summed E-state index contributed by atoms with van der Waals surface area (Å²) in [5.41, 5.74) is 5.21. The number of nitrogens with zero attached hydrogens (tertiary/aromatic N) is 1. The third kappa shape index (κ3) is 3.26. The second-order valence-electron chi connectivity index (χ2n) is 6.55. The Hall–Kier alpha value is -2.36. The van der Waals surface area contributed by atoms with Crippen LogP contribution >= 0.6 is 11.3 Å². The zero-order chi connectivity index (χ0) is 17.2. The molecule has 0 aliphatic heterocycles. The maximum atomic E-state index is 3.37. The van der Waals surface area contributed by atoms with E-state index in [1.165, 1.54) is 32.5 Å². The van der Waals surface area contributed by atoms with Crippen molar-refractivity contribution in [3.63, 3.8) is 0 Å². The molecule has 3 heteroatoms. The summed E-state index contributed by atoms with van der Waals surface area (Å²) in [5.74, 6) is 0. The van der Waals surface area contributed by atoms with Crippen molar-refractivity contribution in [1.82, 2.24) is 9.88 Å². The maximum Gasteiger partial charge on any atom is 0.0457 e. The number of fused-ring (bicyclic) bond motifs is 1. The van der Waals surface area contributed by atoms with Gasteiger partial charge in [0.1, 0.15) is 0 Å². The zero-order valence-electron chi connectivity index (χ0n) is 14.6. The molecule has 1 N–H and O–H groups in total. The van der Waals surface area contributed by atoms with Crippen molar-refractivity contribution in [1.29, 1.82) is 0 Å². The van der Waals surface area contributed by atoms with Gasteiger partial charge < -0.3 is 4.98 Å². The highest BCUT2D eigenvalue weighted by Gasteiger charge is 2.14. The van der Waals surface area contributed by atoms with Gasteiger partial charge in [0.25, 0.3) is 0 Å². The van der Waals surface area contributed by atoms with Crippen molar-refractivity contribution >= 4 is 22.2 Å². The Labute approximate surface area is 152 Å². The Kier molecular flexibility index (Phi) is 4.43. The third-order valence-corrected chi connectivity index (χ3v) is 5.85. The molecule has 0 saturated heterocycles. The fraction of sp³-hybridized carbons (Fsp3) is 0.182. The lowest BCUT2D eigenvalue weighted by molar-refractivity contribution is 0.254. The minimum Gasteiger partial charge on any atom is -0.361 e. The molecule has 2 aromatic carbocycles. The summed E-state index contributed by atoms with van der Waals surface area (Å²) < 4.78 is 0. The molecule has 0 aliphatic rings. The summed E-state index contributed by atoms with van der Waals surface area (Å²) in [4.78, 5) is 7.11. The van der Waals surface area contributed by atoms with Crippen LogP contribution in [0.5, 0.6) is 0 Å². The molecule has 2 aromatic heterocycles. The standard InChI is InChI=1S/C22H22N2S/c1-16(17-7-5-8-18(13-17)22-11-6-12-25-22)24(2)15-19-14-23-21-10-4-3-9-20(19)21/h3-14,16,23H,15H2,1-2H3/t16-/m1/s1. The van der Waals surface area contributed by atoms with Gasteiger partial charge >= 0.3 is 0 Å². The van der Waals surface area contributed by atoms with Gasteiger partial charge in [-0.05, 0) is 54.2 Å². The average molecular weight is 346 g/mol. The summed E-state index contributed by atoms with van der Waals surface area (Å²) in [6, 6.07) is 22.1. The molecule has 2 nitrogen and oxygen atoms in total. The van der Waals surface area contributed by atoms with Crippen LogP contribution in [0.3, 0.4) is 0 Å². The highest BCUT2D eigenvalue weighted by molar-refractivity contribution is 7.13. The van der Waals surface area contributed by atoms with Crippen LogP contribution in [0.4, 0.5) is 0 Å². The van der Waals surface area contributed by atoms with E-state index in [1.807, 2.05) is 0 Å². The van der Waals surface area contributed by atoms with Crippen molar-refractivity contribution in [2.45, 2.75) is 19.5 Å². The van der Waals surface area contributed by atoms with E-state index in [4.69, 9.17) is 0 Å². The number of benzene rings is 2. The Balaban J connectivity index is 1.56. The predicted molar refractivity (Wildman–Crippen MR) is 108 cm³/mol. The first-order chi connectivity index (χ1) is 12.2. The van der Waals surface area contributed by atoms with Crippen molar-refractivity contribution in [3.05, 3.63) is 83.4 Å². The molecule has 0 saturated carbocycles. The number of rotatable bonds is 5. The van der Waals surface area contributed by atoms with Crippen LogP contribution < -0.4 is 0 Å². The number of para-hydroxylation sites is 1. The first kappa shape index (κ1) is 16.1. The van der Waals surface area contributed by atoms with Gasteiger partial charge in [-0.3, -0.25) is 4.90 Å². The fourth-order valence-corrected chi connectivity index (χ4v) is 4.04. The summed E-state index contributed by atoms with van der Waals surface area (Å²) in [7, 11) is 2.20. The molecule has 25 heavy (non-hydrogen) atoms. The van der Waals surface area contributed by atoms with E-state index in [0.717, 1.165) is 6.54 Å². The molecule has 2 heterocycles. The SMILES string of the molecule is C[C@H](c1cccc(-c2cccs2)c1)N(C)Cc1c[nH]c2ccccc12. The average Bonchev–Trinajstić information content (AvgIpc) is 3.32. The van der Waals surface area contributed by atoms with E-state index in [9.17, 15) is 0 Å². The van der Waals surface area contributed by atoms with E-state index in [-0.39, 0.29) is 0 Å². The largest absolute Gasteiger partial charge is 0.361 e. The Morgan fingerprint density at radius 2 is 1.92 bits per heavy atom. The van der Waals surface area contributed by atoms with E-state index in [1.54, 1.807) is 11.3 Å². The molecule has 1 atom stereocenters. The van der Waals surface area contributed by atoms with E-state index < -0.39 is 0 Å². The minimum atomic E-state index is 0.355. The summed E-state index contributed by atoms with van der Waals surface area (Å²) in [6.45, 7) is 3.21. The molecule has 4 aromatic rings. The second-order valence-corrected chi connectivity index (χ2v) is 7.50. The highest BCUT2D eigenvalue weighted by atomic mass is 32.1. The lowest BCUT2D eigenvalue weighted by atomic mass is 10.0. The van der Waals surface area contributed by atoms with Crippen LogP contribution in [-0.2, 0) is 6.54 Å². The molecule has 0 spiro atoms. The summed E-state index contributed by atoms with van der Waals surface area (Å²) in [5, 5.41) is 3.45. The molecule has 0 fully saturated rings. The van der Waals surface area contributed by atoms with Crippen molar-refractivity contribution < 1.29 is 0 Å². The number of aromatic amines is 1. The smallest absolute Gasteiger partial charge is 0.0457 e. The zero-order valence-corrected chi connectivity index (χ0v) is 15.4. The van der Waals surface area contributed by atoms with Gasteiger partial charge in [0.15, 0.2) is 0 Å². The topological polar surface area (TPSA) is 19.0 Å². The fourth-order valence-electron chi connectivity index (χ4n) is 3.32. The van der Waals surface area contributed by atoms with Gasteiger partial charge in [0.2, 0.25) is 0 Å². The second kappa shape index (κ2) is 6.87. The predicted octanol–water partition coefficient (Wildman–Crippen LogP) is 6.09. The third-order valence-electron chi connectivity index (χ3n) is 4.93. The monoisotopic (exact) mass is 346 g/mol. The highest BCUT2D eigenvalue weighted by Crippen LogP contribution is 2.29. The summed E-state index contributed by atoms with van der Waals surface area (Å²) in [6.07, 6.45) is 2.13. The van der Waals surface area contributed by atoms with Crippen molar-refractivity contribution in [3.8, 4) is 10.4 Å². The first-order valence-corrected chi connectivity index (χ1v) is 9.49.